The highest BCUT2D eigenvalue weighted by Gasteiger charge is 2.33. The summed E-state index contributed by atoms with van der Waals surface area (Å²) < 4.78 is 1.14. The van der Waals surface area contributed by atoms with Crippen LogP contribution < -0.4 is 5.32 Å². The molecule has 1 N–H and O–H groups in total. The number of carbonyl (C=O) groups is 1. The lowest BCUT2D eigenvalue weighted by Crippen LogP contribution is -2.50. The number of nitrogens with one attached hydrogen (secondary N) is 1. The number of halogens is 1. The first kappa shape index (κ1) is 11.9. The Labute approximate surface area is 110 Å². The van der Waals surface area contributed by atoms with Gasteiger partial charge in [0.15, 0.2) is 0 Å². The molecule has 1 aromatic rings. The lowest BCUT2D eigenvalue weighted by atomic mass is 9.78. The van der Waals surface area contributed by atoms with Crippen molar-refractivity contribution >= 4 is 28.5 Å². The van der Waals surface area contributed by atoms with E-state index in [9.17, 15) is 4.79 Å². The smallest absolute Gasteiger partial charge is 0.251 e. The molecule has 0 aromatic heterocycles. The van der Waals surface area contributed by atoms with Gasteiger partial charge in [0.25, 0.3) is 5.91 Å². The molecule has 0 heterocycles. The van der Waals surface area contributed by atoms with Crippen LogP contribution in [0.2, 0.25) is 0 Å². The van der Waals surface area contributed by atoms with Crippen molar-refractivity contribution in [2.45, 2.75) is 38.6 Å². The Morgan fingerprint density at radius 1 is 1.44 bits per heavy atom. The van der Waals surface area contributed by atoms with E-state index in [4.69, 9.17) is 0 Å². The summed E-state index contributed by atoms with van der Waals surface area (Å²) in [6, 6.07) is 5.85. The van der Waals surface area contributed by atoms with Gasteiger partial charge < -0.3 is 5.32 Å². The maximum atomic E-state index is 12.0. The fraction of sp³-hybridized carbons (Fsp3) is 0.462. The Kier molecular flexibility index (Phi) is 3.24. The predicted molar refractivity (Wildman–Crippen MR) is 73.6 cm³/mol. The molecule has 1 aromatic carbocycles. The lowest BCUT2D eigenvalue weighted by molar-refractivity contribution is 0.0850. The van der Waals surface area contributed by atoms with E-state index in [0.29, 0.717) is 0 Å². The third-order valence-corrected chi connectivity index (χ3v) is 4.47. The Morgan fingerprint density at radius 3 is 2.62 bits per heavy atom. The molecule has 0 aliphatic heterocycles. The van der Waals surface area contributed by atoms with E-state index in [-0.39, 0.29) is 11.4 Å². The van der Waals surface area contributed by atoms with Crippen LogP contribution in [0.3, 0.4) is 0 Å². The summed E-state index contributed by atoms with van der Waals surface area (Å²) >= 11 is 2.26. The molecule has 0 bridgehead atoms. The zero-order valence-electron chi connectivity index (χ0n) is 9.64. The average Bonchev–Trinajstić information content (AvgIpc) is 2.19. The summed E-state index contributed by atoms with van der Waals surface area (Å²) in [5, 5.41) is 3.11. The zero-order chi connectivity index (χ0) is 11.8. The van der Waals surface area contributed by atoms with Crippen LogP contribution >= 0.6 is 22.6 Å². The summed E-state index contributed by atoms with van der Waals surface area (Å²) in [6.07, 6.45) is 3.42. The molecule has 0 saturated heterocycles. The minimum atomic E-state index is 0.0351. The van der Waals surface area contributed by atoms with E-state index in [2.05, 4.69) is 41.8 Å². The maximum Gasteiger partial charge on any atom is 0.251 e. The fourth-order valence-corrected chi connectivity index (χ4v) is 2.43. The van der Waals surface area contributed by atoms with Crippen molar-refractivity contribution in [3.63, 3.8) is 0 Å². The minimum Gasteiger partial charge on any atom is -0.347 e. The molecule has 2 nitrogen and oxygen atoms in total. The van der Waals surface area contributed by atoms with Gasteiger partial charge in [-0.2, -0.15) is 0 Å². The van der Waals surface area contributed by atoms with Gasteiger partial charge in [0.2, 0.25) is 0 Å². The Balaban J connectivity index is 2.11. The maximum absolute atomic E-state index is 12.0. The minimum absolute atomic E-state index is 0.0351. The molecule has 1 aliphatic rings. The van der Waals surface area contributed by atoms with Crippen molar-refractivity contribution < 1.29 is 4.79 Å². The molecule has 1 fully saturated rings. The van der Waals surface area contributed by atoms with Gasteiger partial charge in [-0.1, -0.05) is 6.07 Å². The van der Waals surface area contributed by atoms with Gasteiger partial charge in [0, 0.05) is 14.7 Å². The quantitative estimate of drug-likeness (QED) is 0.829. The van der Waals surface area contributed by atoms with Gasteiger partial charge in [-0.15, -0.1) is 0 Å². The number of hydrogen-bond acceptors (Lipinski definition) is 1. The van der Waals surface area contributed by atoms with E-state index in [1.165, 1.54) is 12.0 Å². The molecular formula is C13H16INO. The van der Waals surface area contributed by atoms with Crippen LogP contribution in [0.15, 0.2) is 18.2 Å². The predicted octanol–water partition coefficient (Wildman–Crippen LogP) is 3.27. The molecule has 2 rings (SSSR count). The highest BCUT2D eigenvalue weighted by Crippen LogP contribution is 2.31. The van der Waals surface area contributed by atoms with Gasteiger partial charge in [0.1, 0.15) is 0 Å². The van der Waals surface area contributed by atoms with Gasteiger partial charge in [0.05, 0.1) is 0 Å². The number of hydrogen-bond donors (Lipinski definition) is 1. The monoisotopic (exact) mass is 329 g/mol. The average molecular weight is 329 g/mol. The van der Waals surface area contributed by atoms with Gasteiger partial charge in [-0.3, -0.25) is 4.79 Å². The molecule has 1 aliphatic carbocycles. The molecular weight excluding hydrogens is 313 g/mol. The van der Waals surface area contributed by atoms with Crippen molar-refractivity contribution in [2.75, 3.05) is 0 Å². The SMILES string of the molecule is Cc1ccc(C(=O)NC2(C)CCC2)cc1I. The van der Waals surface area contributed by atoms with Crippen molar-refractivity contribution in [3.8, 4) is 0 Å². The van der Waals surface area contributed by atoms with Crippen LogP contribution in [-0.4, -0.2) is 11.4 Å². The summed E-state index contributed by atoms with van der Waals surface area (Å²) in [5.41, 5.74) is 2.02. The standard InChI is InChI=1S/C13H16INO/c1-9-4-5-10(8-11(9)14)12(16)15-13(2)6-3-7-13/h4-5,8H,3,6-7H2,1-2H3,(H,15,16). The first-order valence-corrected chi connectivity index (χ1v) is 6.67. The van der Waals surface area contributed by atoms with Crippen LogP contribution in [-0.2, 0) is 0 Å². The highest BCUT2D eigenvalue weighted by molar-refractivity contribution is 14.1. The van der Waals surface area contributed by atoms with Crippen LogP contribution in [0.25, 0.3) is 0 Å². The van der Waals surface area contributed by atoms with Gasteiger partial charge in [-0.25, -0.2) is 0 Å². The number of benzene rings is 1. The van der Waals surface area contributed by atoms with E-state index in [1.54, 1.807) is 0 Å². The number of carbonyl (C=O) groups excluding carboxylic acids is 1. The zero-order valence-corrected chi connectivity index (χ0v) is 11.8. The normalized spacial score (nSPS) is 17.7. The van der Waals surface area contributed by atoms with Crippen LogP contribution in [0, 0.1) is 10.5 Å². The van der Waals surface area contributed by atoms with E-state index in [1.807, 2.05) is 18.2 Å². The summed E-state index contributed by atoms with van der Waals surface area (Å²) in [7, 11) is 0. The summed E-state index contributed by atoms with van der Waals surface area (Å²) in [5.74, 6) is 0.0557. The molecule has 86 valence electrons. The molecule has 0 unspecified atom stereocenters. The summed E-state index contributed by atoms with van der Waals surface area (Å²) in [6.45, 7) is 4.17. The molecule has 1 saturated carbocycles. The van der Waals surface area contributed by atoms with E-state index in [0.717, 1.165) is 22.0 Å². The highest BCUT2D eigenvalue weighted by atomic mass is 127. The van der Waals surface area contributed by atoms with E-state index >= 15 is 0 Å². The fourth-order valence-electron chi connectivity index (χ4n) is 1.91. The largest absolute Gasteiger partial charge is 0.347 e. The number of aryl methyl sites for hydroxylation is 1. The third kappa shape index (κ3) is 2.39. The second-order valence-electron chi connectivity index (χ2n) is 4.83. The number of rotatable bonds is 2. The Morgan fingerprint density at radius 2 is 2.12 bits per heavy atom. The van der Waals surface area contributed by atoms with Crippen LogP contribution in [0.5, 0.6) is 0 Å². The van der Waals surface area contributed by atoms with Gasteiger partial charge >= 0.3 is 0 Å². The Bertz CT molecular complexity index is 424. The molecule has 0 radical (unpaired) electrons. The third-order valence-electron chi connectivity index (χ3n) is 3.31. The van der Waals surface area contributed by atoms with Crippen LogP contribution in [0.4, 0.5) is 0 Å². The van der Waals surface area contributed by atoms with Gasteiger partial charge in [-0.05, 0) is 73.4 Å². The second kappa shape index (κ2) is 4.35. The van der Waals surface area contributed by atoms with E-state index < -0.39 is 0 Å². The topological polar surface area (TPSA) is 29.1 Å². The van der Waals surface area contributed by atoms with Crippen molar-refractivity contribution in [1.29, 1.82) is 0 Å². The molecule has 16 heavy (non-hydrogen) atoms. The molecule has 1 amide bonds. The molecule has 0 spiro atoms. The first-order chi connectivity index (χ1) is 7.50. The first-order valence-electron chi connectivity index (χ1n) is 5.59. The summed E-state index contributed by atoms with van der Waals surface area (Å²) in [4.78, 5) is 12.0. The van der Waals surface area contributed by atoms with Crippen molar-refractivity contribution in [1.82, 2.24) is 5.32 Å². The van der Waals surface area contributed by atoms with Crippen LogP contribution in [0.1, 0.15) is 42.1 Å². The van der Waals surface area contributed by atoms with Crippen molar-refractivity contribution in [3.05, 3.63) is 32.9 Å². The second-order valence-corrected chi connectivity index (χ2v) is 5.99. The molecule has 0 atom stereocenters. The molecule has 3 heteroatoms. The number of amides is 1. The lowest BCUT2D eigenvalue weighted by Gasteiger charge is -2.39. The van der Waals surface area contributed by atoms with Crippen molar-refractivity contribution in [2.24, 2.45) is 0 Å². The Hall–Kier alpha value is -0.580.